The zero-order valence-electron chi connectivity index (χ0n) is 8.36. The zero-order valence-corrected chi connectivity index (χ0v) is 9.99. The molecule has 92 valence electrons. The third-order valence-corrected chi connectivity index (χ3v) is 4.12. The maximum atomic E-state index is 12.4. The topological polar surface area (TPSA) is 26.3 Å². The van der Waals surface area contributed by atoms with E-state index in [1.807, 2.05) is 0 Å². The van der Waals surface area contributed by atoms with E-state index < -0.39 is 15.3 Å². The van der Waals surface area contributed by atoms with Gasteiger partial charge in [-0.25, -0.2) is 4.21 Å². The van der Waals surface area contributed by atoms with Crippen molar-refractivity contribution in [1.82, 2.24) is 0 Å². The summed E-state index contributed by atoms with van der Waals surface area (Å²) in [6, 6.07) is 6.77. The van der Waals surface area contributed by atoms with Crippen LogP contribution in [0.15, 0.2) is 29.6 Å². The number of halogens is 3. The van der Waals surface area contributed by atoms with E-state index in [-0.39, 0.29) is 5.75 Å². The summed E-state index contributed by atoms with van der Waals surface area (Å²) in [7, 11) is -4.61. The Morgan fingerprint density at radius 2 is 1.94 bits per heavy atom. The van der Waals surface area contributed by atoms with Gasteiger partial charge in [-0.15, -0.1) is 11.3 Å². The minimum Gasteiger partial charge on any atom is -0.401 e. The summed E-state index contributed by atoms with van der Waals surface area (Å²) in [5.41, 5.74) is -4.98. The van der Waals surface area contributed by atoms with Crippen LogP contribution in [0.2, 0.25) is 0 Å². The maximum Gasteiger partial charge on any atom is 0.496 e. The Kier molecular flexibility index (Phi) is 2.82. The van der Waals surface area contributed by atoms with Crippen LogP contribution < -0.4 is 4.18 Å². The van der Waals surface area contributed by atoms with Crippen LogP contribution >= 0.6 is 11.3 Å². The maximum absolute atomic E-state index is 12.4. The first kappa shape index (κ1) is 12.3. The Labute approximate surface area is 99.8 Å². The third-order valence-electron chi connectivity index (χ3n) is 2.02. The molecule has 17 heavy (non-hydrogen) atoms. The number of hydrogen-bond donors (Lipinski definition) is 0. The Morgan fingerprint density at radius 3 is 2.59 bits per heavy atom. The summed E-state index contributed by atoms with van der Waals surface area (Å²) in [4.78, 5) is 0. The Bertz CT molecular complexity index is 641. The van der Waals surface area contributed by atoms with Gasteiger partial charge in [0, 0.05) is 15.5 Å². The van der Waals surface area contributed by atoms with E-state index in [2.05, 4.69) is 10.1 Å². The van der Waals surface area contributed by atoms with E-state index in [0.717, 1.165) is 4.70 Å². The van der Waals surface area contributed by atoms with Crippen LogP contribution in [0, 0.1) is 0 Å². The number of rotatable bonds is 2. The van der Waals surface area contributed by atoms with Crippen LogP contribution in [-0.4, -0.2) is 15.6 Å². The summed E-state index contributed by atoms with van der Waals surface area (Å²) in [6.07, 6.45) is 0. The number of fused-ring (bicyclic) bond motifs is 1. The molecule has 0 bridgehead atoms. The molecule has 0 saturated carbocycles. The van der Waals surface area contributed by atoms with Gasteiger partial charge in [0.1, 0.15) is 0 Å². The van der Waals surface area contributed by atoms with Crippen molar-refractivity contribution in [3.05, 3.63) is 29.6 Å². The molecule has 1 heterocycles. The van der Waals surface area contributed by atoms with Crippen molar-refractivity contribution in [2.45, 2.75) is 5.51 Å². The van der Waals surface area contributed by atoms with Crippen molar-refractivity contribution in [1.29, 1.82) is 0 Å². The molecule has 0 spiro atoms. The minimum atomic E-state index is -4.98. The van der Waals surface area contributed by atoms with Gasteiger partial charge in [-0.3, -0.25) is 0 Å². The van der Waals surface area contributed by atoms with Crippen LogP contribution in [-0.2, 0) is 9.80 Å². The molecule has 2 aromatic rings. The molecular formula is C10H7F3O2S2. The fourth-order valence-corrected chi connectivity index (χ4v) is 2.66. The van der Waals surface area contributed by atoms with Crippen LogP contribution in [0.3, 0.4) is 0 Å². The smallest absolute Gasteiger partial charge is 0.401 e. The SMILES string of the molecule is C=S(=O)(Oc1csc2ccccc12)C(F)(F)F. The zero-order chi connectivity index (χ0) is 12.7. The van der Waals surface area contributed by atoms with E-state index in [0.29, 0.717) is 5.39 Å². The minimum absolute atomic E-state index is 0.0528. The Hall–Kier alpha value is -1.21. The van der Waals surface area contributed by atoms with Gasteiger partial charge in [-0.05, 0) is 18.0 Å². The van der Waals surface area contributed by atoms with Crippen LogP contribution in [0.4, 0.5) is 13.2 Å². The van der Waals surface area contributed by atoms with Gasteiger partial charge in [-0.2, -0.15) is 13.2 Å². The highest BCUT2D eigenvalue weighted by molar-refractivity contribution is 7.97. The normalized spacial score (nSPS) is 15.7. The van der Waals surface area contributed by atoms with E-state index in [1.165, 1.54) is 16.7 Å². The van der Waals surface area contributed by atoms with Gasteiger partial charge in [0.2, 0.25) is 9.80 Å². The van der Waals surface area contributed by atoms with Crippen molar-refractivity contribution >= 4 is 37.1 Å². The monoisotopic (exact) mass is 280 g/mol. The Balaban J connectivity index is 2.44. The van der Waals surface area contributed by atoms with Gasteiger partial charge in [0.05, 0.1) is 0 Å². The highest BCUT2D eigenvalue weighted by atomic mass is 32.2. The molecule has 0 aliphatic carbocycles. The Morgan fingerprint density at radius 1 is 1.29 bits per heavy atom. The second kappa shape index (κ2) is 3.92. The molecule has 0 radical (unpaired) electrons. The standard InChI is InChI=1S/C10H7F3O2S2/c1-17(14,10(11,12)13)15-8-6-16-9-5-3-2-4-7(8)9/h2-6H,1H2. The molecule has 0 fully saturated rings. The predicted octanol–water partition coefficient (Wildman–Crippen LogP) is 3.43. The molecule has 0 aliphatic heterocycles. The summed E-state index contributed by atoms with van der Waals surface area (Å²) >= 11 is 1.22. The first-order valence-electron chi connectivity index (χ1n) is 4.40. The van der Waals surface area contributed by atoms with Crippen molar-refractivity contribution in [3.63, 3.8) is 0 Å². The molecule has 1 atom stereocenters. The fourth-order valence-electron chi connectivity index (χ4n) is 1.21. The molecule has 1 aromatic carbocycles. The van der Waals surface area contributed by atoms with Gasteiger partial charge in [-0.1, -0.05) is 12.1 Å². The fraction of sp³-hybridized carbons (Fsp3) is 0.100. The molecule has 0 saturated heterocycles. The lowest BCUT2D eigenvalue weighted by Gasteiger charge is -2.13. The molecule has 0 amide bonds. The summed E-state index contributed by atoms with van der Waals surface area (Å²) in [5, 5.41) is 1.89. The first-order valence-corrected chi connectivity index (χ1v) is 6.93. The van der Waals surface area contributed by atoms with Crippen molar-refractivity contribution in [2.24, 2.45) is 0 Å². The molecule has 0 aliphatic rings. The highest BCUT2D eigenvalue weighted by Crippen LogP contribution is 2.35. The van der Waals surface area contributed by atoms with Gasteiger partial charge < -0.3 is 4.18 Å². The molecule has 0 N–H and O–H groups in total. The van der Waals surface area contributed by atoms with Gasteiger partial charge in [0.25, 0.3) is 0 Å². The van der Waals surface area contributed by atoms with Crippen LogP contribution in [0.5, 0.6) is 5.75 Å². The molecular weight excluding hydrogens is 273 g/mol. The van der Waals surface area contributed by atoms with E-state index in [9.17, 15) is 17.4 Å². The van der Waals surface area contributed by atoms with Crippen LogP contribution in [0.25, 0.3) is 10.1 Å². The summed E-state index contributed by atoms with van der Waals surface area (Å²) < 4.78 is 53.6. The average molecular weight is 280 g/mol. The predicted molar refractivity (Wildman–Crippen MR) is 63.8 cm³/mol. The molecule has 2 nitrogen and oxygen atoms in total. The lowest BCUT2D eigenvalue weighted by molar-refractivity contribution is -0.0446. The molecule has 1 unspecified atom stereocenters. The van der Waals surface area contributed by atoms with E-state index in [4.69, 9.17) is 0 Å². The number of thiophene rings is 1. The van der Waals surface area contributed by atoms with E-state index in [1.54, 1.807) is 24.3 Å². The lowest BCUT2D eigenvalue weighted by atomic mass is 10.2. The van der Waals surface area contributed by atoms with Crippen LogP contribution in [0.1, 0.15) is 0 Å². The molecule has 7 heteroatoms. The quantitative estimate of drug-likeness (QED) is 0.788. The number of benzene rings is 1. The van der Waals surface area contributed by atoms with Crippen molar-refractivity contribution < 1.29 is 21.6 Å². The summed E-state index contributed by atoms with van der Waals surface area (Å²) in [6.45, 7) is 0. The van der Waals surface area contributed by atoms with E-state index >= 15 is 0 Å². The number of hydrogen-bond acceptors (Lipinski definition) is 3. The molecule has 2 rings (SSSR count). The second-order valence-electron chi connectivity index (χ2n) is 3.24. The third kappa shape index (κ3) is 2.25. The first-order chi connectivity index (χ1) is 7.81. The summed E-state index contributed by atoms with van der Waals surface area (Å²) in [5.74, 6) is 2.56. The van der Waals surface area contributed by atoms with Crippen molar-refractivity contribution in [3.8, 4) is 5.75 Å². The highest BCUT2D eigenvalue weighted by Gasteiger charge is 2.42. The molecule has 1 aromatic heterocycles. The van der Waals surface area contributed by atoms with Gasteiger partial charge >= 0.3 is 5.51 Å². The number of alkyl halides is 3. The largest absolute Gasteiger partial charge is 0.496 e. The van der Waals surface area contributed by atoms with Gasteiger partial charge in [0.15, 0.2) is 5.75 Å². The lowest BCUT2D eigenvalue weighted by Crippen LogP contribution is -2.27. The second-order valence-corrected chi connectivity index (χ2v) is 6.01. The average Bonchev–Trinajstić information content (AvgIpc) is 2.60. The van der Waals surface area contributed by atoms with Crippen molar-refractivity contribution in [2.75, 3.05) is 0 Å².